The first-order valence-corrected chi connectivity index (χ1v) is 8.38. The van der Waals surface area contributed by atoms with Crippen LogP contribution < -0.4 is 10.9 Å². The van der Waals surface area contributed by atoms with Crippen molar-refractivity contribution in [1.29, 1.82) is 0 Å². The maximum absolute atomic E-state index is 12.1. The van der Waals surface area contributed by atoms with Crippen LogP contribution in [0, 0.1) is 11.8 Å². The first-order valence-electron chi connectivity index (χ1n) is 8.00. The van der Waals surface area contributed by atoms with Crippen molar-refractivity contribution < 1.29 is 0 Å². The average molecular weight is 312 g/mol. The van der Waals surface area contributed by atoms with Crippen LogP contribution in [0.1, 0.15) is 58.9 Å². The van der Waals surface area contributed by atoms with Crippen molar-refractivity contribution >= 4 is 17.3 Å². The molecule has 1 heterocycles. The second kappa shape index (κ2) is 7.30. The molecule has 1 aromatic rings. The van der Waals surface area contributed by atoms with Crippen molar-refractivity contribution in [3.05, 3.63) is 21.6 Å². The van der Waals surface area contributed by atoms with Crippen LogP contribution in [0.4, 0.5) is 5.69 Å². The summed E-state index contributed by atoms with van der Waals surface area (Å²) in [5.74, 6) is 1.69. The minimum absolute atomic E-state index is 0.0216. The maximum Gasteiger partial charge on any atom is 0.287 e. The van der Waals surface area contributed by atoms with Gasteiger partial charge >= 0.3 is 0 Å². The van der Waals surface area contributed by atoms with E-state index in [1.807, 2.05) is 13.8 Å². The topological polar surface area (TPSA) is 46.9 Å². The van der Waals surface area contributed by atoms with E-state index in [1.165, 1.54) is 30.4 Å². The lowest BCUT2D eigenvalue weighted by Gasteiger charge is -2.26. The highest BCUT2D eigenvalue weighted by Crippen LogP contribution is 2.30. The van der Waals surface area contributed by atoms with Crippen LogP contribution in [0.15, 0.2) is 11.0 Å². The van der Waals surface area contributed by atoms with Gasteiger partial charge in [-0.05, 0) is 32.1 Å². The fourth-order valence-electron chi connectivity index (χ4n) is 2.96. The molecule has 0 aliphatic heterocycles. The monoisotopic (exact) mass is 311 g/mol. The van der Waals surface area contributed by atoms with E-state index in [0.29, 0.717) is 5.69 Å². The van der Waals surface area contributed by atoms with Gasteiger partial charge in [0.25, 0.3) is 5.56 Å². The standard InChI is InChI=1S/C16H26ClN3O/c1-11(2)20-16(21)15(17)14(10-19-20)18-9-8-13-6-4-12(3)5-7-13/h10-13,18H,4-9H2,1-3H3. The largest absolute Gasteiger partial charge is 0.382 e. The van der Waals surface area contributed by atoms with Crippen molar-refractivity contribution in [2.45, 2.75) is 58.9 Å². The smallest absolute Gasteiger partial charge is 0.287 e. The Morgan fingerprint density at radius 2 is 2.05 bits per heavy atom. The number of hydrogen-bond donors (Lipinski definition) is 1. The molecule has 118 valence electrons. The van der Waals surface area contributed by atoms with Gasteiger partial charge in [-0.1, -0.05) is 44.2 Å². The number of aromatic nitrogens is 2. The number of rotatable bonds is 5. The van der Waals surface area contributed by atoms with Crippen molar-refractivity contribution in [3.63, 3.8) is 0 Å². The summed E-state index contributed by atoms with van der Waals surface area (Å²) in [5, 5.41) is 7.69. The molecule has 1 aromatic heterocycles. The van der Waals surface area contributed by atoms with Gasteiger partial charge in [0.1, 0.15) is 5.02 Å². The molecule has 21 heavy (non-hydrogen) atoms. The Morgan fingerprint density at radius 1 is 1.38 bits per heavy atom. The summed E-state index contributed by atoms with van der Waals surface area (Å²) in [5.41, 5.74) is 0.436. The Bertz CT molecular complexity index is 519. The van der Waals surface area contributed by atoms with Gasteiger partial charge in [-0.2, -0.15) is 5.10 Å². The van der Waals surface area contributed by atoms with Crippen molar-refractivity contribution in [1.82, 2.24) is 9.78 Å². The van der Waals surface area contributed by atoms with Crippen LogP contribution in [0.3, 0.4) is 0 Å². The predicted octanol–water partition coefficient (Wildman–Crippen LogP) is 4.11. The molecule has 1 N–H and O–H groups in total. The van der Waals surface area contributed by atoms with E-state index < -0.39 is 0 Å². The van der Waals surface area contributed by atoms with Crippen LogP contribution >= 0.6 is 11.6 Å². The predicted molar refractivity (Wildman–Crippen MR) is 88.1 cm³/mol. The molecule has 1 aliphatic rings. The molecule has 0 spiro atoms. The van der Waals surface area contributed by atoms with Gasteiger partial charge in [-0.15, -0.1) is 0 Å². The molecule has 0 unspecified atom stereocenters. The summed E-state index contributed by atoms with van der Waals surface area (Å²) < 4.78 is 1.41. The van der Waals surface area contributed by atoms with E-state index in [4.69, 9.17) is 11.6 Å². The Hall–Kier alpha value is -1.03. The van der Waals surface area contributed by atoms with E-state index in [1.54, 1.807) is 6.20 Å². The van der Waals surface area contributed by atoms with Crippen LogP contribution in [0.25, 0.3) is 0 Å². The van der Waals surface area contributed by atoms with Gasteiger partial charge in [0.15, 0.2) is 0 Å². The van der Waals surface area contributed by atoms with Crippen LogP contribution in [-0.2, 0) is 0 Å². The Kier molecular flexibility index (Phi) is 5.68. The van der Waals surface area contributed by atoms with Gasteiger partial charge in [-0.25, -0.2) is 4.68 Å². The lowest BCUT2D eigenvalue weighted by molar-refractivity contribution is 0.282. The number of nitrogens with zero attached hydrogens (tertiary/aromatic N) is 2. The van der Waals surface area contributed by atoms with Crippen molar-refractivity contribution in [2.24, 2.45) is 11.8 Å². The Balaban J connectivity index is 1.89. The molecule has 5 heteroatoms. The lowest BCUT2D eigenvalue weighted by atomic mass is 9.81. The van der Waals surface area contributed by atoms with Gasteiger partial charge in [-0.3, -0.25) is 4.79 Å². The summed E-state index contributed by atoms with van der Waals surface area (Å²) in [4.78, 5) is 12.1. The molecule has 2 rings (SSSR count). The second-order valence-electron chi connectivity index (χ2n) is 6.56. The molecule has 1 aliphatic carbocycles. The fraction of sp³-hybridized carbons (Fsp3) is 0.750. The van der Waals surface area contributed by atoms with E-state index in [2.05, 4.69) is 17.3 Å². The van der Waals surface area contributed by atoms with Crippen LogP contribution in [0.5, 0.6) is 0 Å². The summed E-state index contributed by atoms with van der Waals surface area (Å²) >= 11 is 6.15. The van der Waals surface area contributed by atoms with Crippen molar-refractivity contribution in [2.75, 3.05) is 11.9 Å². The lowest BCUT2D eigenvalue weighted by Crippen LogP contribution is -2.26. The second-order valence-corrected chi connectivity index (χ2v) is 6.94. The highest BCUT2D eigenvalue weighted by molar-refractivity contribution is 6.32. The summed E-state index contributed by atoms with van der Waals surface area (Å²) in [6.07, 6.45) is 8.13. The first-order chi connectivity index (χ1) is 9.99. The average Bonchev–Trinajstić information content (AvgIpc) is 2.45. The molecule has 0 amide bonds. The summed E-state index contributed by atoms with van der Waals surface area (Å²) in [6, 6.07) is 0.0216. The third kappa shape index (κ3) is 4.22. The van der Waals surface area contributed by atoms with Gasteiger partial charge in [0.2, 0.25) is 0 Å². The number of anilines is 1. The molecule has 0 atom stereocenters. The zero-order chi connectivity index (χ0) is 15.4. The van der Waals surface area contributed by atoms with E-state index in [-0.39, 0.29) is 16.6 Å². The van der Waals surface area contributed by atoms with Gasteiger partial charge in [0.05, 0.1) is 17.9 Å². The van der Waals surface area contributed by atoms with E-state index in [0.717, 1.165) is 24.8 Å². The molecule has 1 fully saturated rings. The van der Waals surface area contributed by atoms with E-state index >= 15 is 0 Å². The molecular formula is C16H26ClN3O. The number of hydrogen-bond acceptors (Lipinski definition) is 3. The van der Waals surface area contributed by atoms with Crippen molar-refractivity contribution in [3.8, 4) is 0 Å². The molecule has 0 aromatic carbocycles. The molecule has 0 radical (unpaired) electrons. The van der Waals surface area contributed by atoms with Crippen LogP contribution in [0.2, 0.25) is 5.02 Å². The zero-order valence-corrected chi connectivity index (χ0v) is 14.0. The minimum Gasteiger partial charge on any atom is -0.382 e. The maximum atomic E-state index is 12.1. The molecule has 1 saturated carbocycles. The highest BCUT2D eigenvalue weighted by Gasteiger charge is 2.18. The fourth-order valence-corrected chi connectivity index (χ4v) is 3.17. The normalized spacial score (nSPS) is 22.5. The zero-order valence-electron chi connectivity index (χ0n) is 13.2. The first kappa shape index (κ1) is 16.3. The SMILES string of the molecule is CC1CCC(CCNc2cnn(C(C)C)c(=O)c2Cl)CC1. The molecular weight excluding hydrogens is 286 g/mol. The molecule has 4 nitrogen and oxygen atoms in total. The third-order valence-electron chi connectivity index (χ3n) is 4.44. The summed E-state index contributed by atoms with van der Waals surface area (Å²) in [7, 11) is 0. The number of nitrogens with one attached hydrogen (secondary N) is 1. The van der Waals surface area contributed by atoms with Gasteiger partial charge < -0.3 is 5.32 Å². The third-order valence-corrected chi connectivity index (χ3v) is 4.80. The molecule has 0 bridgehead atoms. The molecule has 0 saturated heterocycles. The quantitative estimate of drug-likeness (QED) is 0.890. The Morgan fingerprint density at radius 3 is 2.67 bits per heavy atom. The number of halogens is 1. The van der Waals surface area contributed by atoms with Gasteiger partial charge in [0, 0.05) is 6.54 Å². The highest BCUT2D eigenvalue weighted by atomic mass is 35.5. The Labute approximate surface area is 131 Å². The minimum atomic E-state index is -0.219. The van der Waals surface area contributed by atoms with Crippen LogP contribution in [-0.4, -0.2) is 16.3 Å². The summed E-state index contributed by atoms with van der Waals surface area (Å²) in [6.45, 7) is 7.03. The van der Waals surface area contributed by atoms with E-state index in [9.17, 15) is 4.79 Å².